The summed E-state index contributed by atoms with van der Waals surface area (Å²) in [6.45, 7) is 5.48. The van der Waals surface area contributed by atoms with E-state index in [-0.39, 0.29) is 30.7 Å². The van der Waals surface area contributed by atoms with E-state index in [2.05, 4.69) is 28.5 Å². The van der Waals surface area contributed by atoms with Gasteiger partial charge in [0.25, 0.3) is 5.91 Å². The Balaban J connectivity index is 0.000000240. The maximum atomic E-state index is 12.4. The van der Waals surface area contributed by atoms with E-state index in [4.69, 9.17) is 37.8 Å². The fourth-order valence-corrected chi connectivity index (χ4v) is 5.91. The zero-order valence-corrected chi connectivity index (χ0v) is 24.5. The number of hydrogen-bond donors (Lipinski definition) is 2. The molecule has 2 aromatic rings. The van der Waals surface area contributed by atoms with Gasteiger partial charge in [-0.2, -0.15) is 0 Å². The lowest BCUT2D eigenvalue weighted by molar-refractivity contribution is -0.153. The van der Waals surface area contributed by atoms with Gasteiger partial charge in [-0.1, -0.05) is 35.3 Å². The van der Waals surface area contributed by atoms with Crippen LogP contribution in [0.2, 0.25) is 10.0 Å². The van der Waals surface area contributed by atoms with E-state index in [0.29, 0.717) is 26.7 Å². The SMILES string of the molecule is Cc1sc(-c2ccc(Cl)cc2Cl)nc1C(=O)NCCC(OC(C)C)C(=O)O.c1cc2c(OC3CCCC3)cc1=2. The molecule has 39 heavy (non-hydrogen) atoms. The number of rotatable bonds is 10. The van der Waals surface area contributed by atoms with Crippen molar-refractivity contribution < 1.29 is 24.2 Å². The van der Waals surface area contributed by atoms with E-state index in [1.54, 1.807) is 39.0 Å². The van der Waals surface area contributed by atoms with Crippen molar-refractivity contribution in [1.82, 2.24) is 10.3 Å². The Labute approximate surface area is 241 Å². The predicted octanol–water partition coefficient (Wildman–Crippen LogP) is 7.03. The zero-order chi connectivity index (χ0) is 28.1. The second-order valence-electron chi connectivity index (χ2n) is 9.84. The van der Waals surface area contributed by atoms with Gasteiger partial charge in [-0.3, -0.25) is 4.79 Å². The monoisotopic (exact) mass is 590 g/mol. The van der Waals surface area contributed by atoms with Gasteiger partial charge in [-0.25, -0.2) is 9.78 Å². The maximum Gasteiger partial charge on any atom is 0.332 e. The summed E-state index contributed by atoms with van der Waals surface area (Å²) in [4.78, 5) is 28.7. The van der Waals surface area contributed by atoms with Gasteiger partial charge >= 0.3 is 5.97 Å². The quantitative estimate of drug-likeness (QED) is 0.206. The number of hydrogen-bond acceptors (Lipinski definition) is 6. The zero-order valence-electron chi connectivity index (χ0n) is 22.1. The molecule has 1 aromatic carbocycles. The largest absolute Gasteiger partial charge is 0.490 e. The van der Waals surface area contributed by atoms with Gasteiger partial charge in [0, 0.05) is 33.6 Å². The number of benzene rings is 2. The number of aliphatic carboxylic acids is 1. The number of carbonyl (C=O) groups excluding carboxylic acids is 1. The minimum absolute atomic E-state index is 0.163. The number of carboxylic acid groups (broad SMARTS) is 1. The Hall–Kier alpha value is -2.65. The third kappa shape index (κ3) is 7.51. The summed E-state index contributed by atoms with van der Waals surface area (Å²) in [7, 11) is 0. The minimum Gasteiger partial charge on any atom is -0.490 e. The lowest BCUT2D eigenvalue weighted by Crippen LogP contribution is -2.33. The van der Waals surface area contributed by atoms with E-state index in [0.717, 1.165) is 10.6 Å². The van der Waals surface area contributed by atoms with Crippen LogP contribution in [-0.4, -0.2) is 46.8 Å². The second-order valence-corrected chi connectivity index (χ2v) is 11.9. The predicted molar refractivity (Wildman–Crippen MR) is 154 cm³/mol. The Kier molecular flexibility index (Phi) is 9.88. The molecule has 10 heteroatoms. The summed E-state index contributed by atoms with van der Waals surface area (Å²) >= 11 is 13.5. The number of amides is 1. The van der Waals surface area contributed by atoms with Crippen molar-refractivity contribution in [2.24, 2.45) is 0 Å². The van der Waals surface area contributed by atoms with E-state index in [1.807, 2.05) is 0 Å². The molecule has 7 nitrogen and oxygen atoms in total. The molecule has 1 unspecified atom stereocenters. The number of carbonyl (C=O) groups is 2. The Bertz CT molecular complexity index is 1440. The van der Waals surface area contributed by atoms with Crippen molar-refractivity contribution in [2.45, 2.75) is 71.2 Å². The minimum atomic E-state index is -1.05. The normalized spacial score (nSPS) is 14.5. The molecule has 1 fully saturated rings. The van der Waals surface area contributed by atoms with E-state index in [1.165, 1.54) is 47.5 Å². The highest BCUT2D eigenvalue weighted by atomic mass is 35.5. The van der Waals surface area contributed by atoms with E-state index in [9.17, 15) is 9.59 Å². The lowest BCUT2D eigenvalue weighted by Gasteiger charge is -2.17. The molecule has 3 aliphatic rings. The van der Waals surface area contributed by atoms with Gasteiger partial charge in [-0.05, 0) is 75.9 Å². The highest BCUT2D eigenvalue weighted by Crippen LogP contribution is 2.34. The molecule has 1 atom stereocenters. The van der Waals surface area contributed by atoms with Crippen LogP contribution in [0.15, 0.2) is 36.4 Å². The van der Waals surface area contributed by atoms with Crippen LogP contribution in [-0.2, 0) is 9.53 Å². The summed E-state index contributed by atoms with van der Waals surface area (Å²) in [5.74, 6) is -0.282. The molecule has 1 heterocycles. The highest BCUT2D eigenvalue weighted by Gasteiger charge is 2.22. The van der Waals surface area contributed by atoms with Crippen molar-refractivity contribution in [3.8, 4) is 16.3 Å². The first-order valence-corrected chi connectivity index (χ1v) is 14.6. The molecule has 208 valence electrons. The van der Waals surface area contributed by atoms with Crippen molar-refractivity contribution in [3.63, 3.8) is 0 Å². The summed E-state index contributed by atoms with van der Waals surface area (Å²) in [6.07, 6.45) is 4.70. The van der Waals surface area contributed by atoms with Gasteiger partial charge in [-0.15, -0.1) is 11.3 Å². The van der Waals surface area contributed by atoms with Gasteiger partial charge in [0.05, 0.1) is 17.2 Å². The third-order valence-corrected chi connectivity index (χ3v) is 8.02. The lowest BCUT2D eigenvalue weighted by atomic mass is 10.1. The maximum absolute atomic E-state index is 12.4. The summed E-state index contributed by atoms with van der Waals surface area (Å²) in [6, 6.07) is 11.5. The molecule has 3 aliphatic carbocycles. The fraction of sp³-hybridized carbons (Fsp3) is 0.414. The van der Waals surface area contributed by atoms with Crippen molar-refractivity contribution in [3.05, 3.63) is 67.5 Å². The van der Waals surface area contributed by atoms with Crippen molar-refractivity contribution in [2.75, 3.05) is 6.54 Å². The molecule has 0 radical (unpaired) electrons. The second kappa shape index (κ2) is 13.1. The van der Waals surface area contributed by atoms with Gasteiger partial charge in [0.1, 0.15) is 16.5 Å². The highest BCUT2D eigenvalue weighted by molar-refractivity contribution is 7.15. The number of ether oxygens (including phenoxy) is 2. The molecule has 1 amide bonds. The number of thiazole rings is 1. The first-order chi connectivity index (χ1) is 18.6. The molecule has 1 aromatic heterocycles. The number of aromatic nitrogens is 1. The molecule has 2 N–H and O–H groups in total. The molecule has 0 bridgehead atoms. The van der Waals surface area contributed by atoms with Crippen LogP contribution >= 0.6 is 34.5 Å². The number of halogens is 2. The van der Waals surface area contributed by atoms with Crippen LogP contribution in [0.3, 0.4) is 0 Å². The standard InChI is InChI=1S/C18H20Cl2N2O4S.C11H12O/c1-9(2)26-14(18(24)25)6-7-21-16(23)15-10(3)27-17(22-15)12-5-4-11(19)8-13(12)20;1-2-4-9(3-1)12-11-7-8-5-6-10(8)11/h4-5,8-9,14H,6-7H2,1-3H3,(H,21,23)(H,24,25);5-7,9H,1-4H2. The topological polar surface area (TPSA) is 97.8 Å². The van der Waals surface area contributed by atoms with Crippen LogP contribution in [0.1, 0.15) is 61.3 Å². The summed E-state index contributed by atoms with van der Waals surface area (Å²) < 4.78 is 11.2. The Morgan fingerprint density at radius 3 is 2.46 bits per heavy atom. The fourth-order valence-electron chi connectivity index (χ4n) is 4.40. The first kappa shape index (κ1) is 29.3. The average Bonchev–Trinajstić information content (AvgIpc) is 3.51. The molecular formula is C29H32Cl2N2O5S. The van der Waals surface area contributed by atoms with Crippen LogP contribution in [0, 0.1) is 17.4 Å². The van der Waals surface area contributed by atoms with Gasteiger partial charge in [0.2, 0.25) is 0 Å². The molecule has 0 spiro atoms. The van der Waals surface area contributed by atoms with Crippen LogP contribution in [0.5, 0.6) is 5.75 Å². The molecule has 0 saturated heterocycles. The van der Waals surface area contributed by atoms with E-state index < -0.39 is 12.1 Å². The van der Waals surface area contributed by atoms with Crippen molar-refractivity contribution in [1.29, 1.82) is 0 Å². The van der Waals surface area contributed by atoms with Crippen LogP contribution in [0.4, 0.5) is 0 Å². The average molecular weight is 592 g/mol. The smallest absolute Gasteiger partial charge is 0.332 e. The number of nitrogens with zero attached hydrogens (tertiary/aromatic N) is 1. The molecule has 0 aliphatic heterocycles. The number of nitrogens with one attached hydrogen (secondary N) is 1. The Morgan fingerprint density at radius 1 is 1.15 bits per heavy atom. The van der Waals surface area contributed by atoms with Crippen LogP contribution in [0.25, 0.3) is 10.6 Å². The third-order valence-electron chi connectivity index (χ3n) is 6.47. The van der Waals surface area contributed by atoms with Gasteiger partial charge < -0.3 is 19.9 Å². The molecule has 5 rings (SSSR count). The molecule has 1 saturated carbocycles. The molecular weight excluding hydrogens is 559 g/mol. The Morgan fingerprint density at radius 2 is 1.90 bits per heavy atom. The van der Waals surface area contributed by atoms with Gasteiger partial charge in [0.15, 0.2) is 6.10 Å². The van der Waals surface area contributed by atoms with Crippen LogP contribution < -0.4 is 10.1 Å². The summed E-state index contributed by atoms with van der Waals surface area (Å²) in [5, 5.41) is 16.2. The summed E-state index contributed by atoms with van der Waals surface area (Å²) in [5.41, 5.74) is 0.988. The van der Waals surface area contributed by atoms with E-state index >= 15 is 0 Å². The van der Waals surface area contributed by atoms with Crippen molar-refractivity contribution >= 4 is 46.4 Å². The number of aryl methyl sites for hydroxylation is 1. The first-order valence-electron chi connectivity index (χ1n) is 13.0. The number of carboxylic acids is 1.